The van der Waals surface area contributed by atoms with Crippen LogP contribution in [0.1, 0.15) is 6.92 Å². The van der Waals surface area contributed by atoms with Crippen LogP contribution in [0.15, 0.2) is 17.0 Å². The Morgan fingerprint density at radius 3 is 2.85 bits per heavy atom. The first-order valence-electron chi connectivity index (χ1n) is 4.11. The first-order chi connectivity index (χ1) is 6.27. The lowest BCUT2D eigenvalue weighted by Gasteiger charge is -2.20. The molecule has 0 fully saturated rings. The Bertz CT molecular complexity index is 269. The van der Waals surface area contributed by atoms with Gasteiger partial charge < -0.3 is 10.0 Å². The lowest BCUT2D eigenvalue weighted by atomic mass is 10.4. The van der Waals surface area contributed by atoms with Crippen LogP contribution >= 0.6 is 15.9 Å². The lowest BCUT2D eigenvalue weighted by Crippen LogP contribution is -2.27. The Morgan fingerprint density at radius 1 is 1.54 bits per heavy atom. The molecular weight excluding hydrogens is 234 g/mol. The molecule has 0 unspecified atom stereocenters. The number of anilines is 1. The minimum absolute atomic E-state index is 0.134. The van der Waals surface area contributed by atoms with Gasteiger partial charge in [-0.2, -0.15) is 0 Å². The van der Waals surface area contributed by atoms with E-state index < -0.39 is 0 Å². The Hall–Kier alpha value is -0.680. The van der Waals surface area contributed by atoms with E-state index in [2.05, 4.69) is 25.9 Å². The number of hydrogen-bond acceptors (Lipinski definition) is 4. The third-order valence-electron chi connectivity index (χ3n) is 1.69. The summed E-state index contributed by atoms with van der Waals surface area (Å²) in [7, 11) is 0. The molecule has 0 atom stereocenters. The predicted molar refractivity (Wildman–Crippen MR) is 54.7 cm³/mol. The average molecular weight is 246 g/mol. The van der Waals surface area contributed by atoms with E-state index in [0.29, 0.717) is 6.54 Å². The van der Waals surface area contributed by atoms with Gasteiger partial charge in [-0.1, -0.05) is 0 Å². The van der Waals surface area contributed by atoms with Crippen molar-refractivity contribution < 1.29 is 5.11 Å². The Kier molecular flexibility index (Phi) is 4.11. The molecule has 1 heterocycles. The molecule has 0 aliphatic carbocycles. The fourth-order valence-corrected chi connectivity index (χ4v) is 1.35. The molecule has 1 aromatic heterocycles. The number of aromatic nitrogens is 2. The van der Waals surface area contributed by atoms with Crippen molar-refractivity contribution in [2.24, 2.45) is 0 Å². The number of aliphatic hydroxyl groups is 1. The summed E-state index contributed by atoms with van der Waals surface area (Å²) in [5, 5.41) is 8.80. The number of rotatable bonds is 4. The minimum atomic E-state index is 0.134. The highest BCUT2D eigenvalue weighted by Gasteiger charge is 2.04. The monoisotopic (exact) mass is 245 g/mol. The van der Waals surface area contributed by atoms with Gasteiger partial charge in [0.05, 0.1) is 6.61 Å². The van der Waals surface area contributed by atoms with Crippen molar-refractivity contribution in [3.63, 3.8) is 0 Å². The van der Waals surface area contributed by atoms with Crippen molar-refractivity contribution in [1.82, 2.24) is 9.97 Å². The minimum Gasteiger partial charge on any atom is -0.395 e. The van der Waals surface area contributed by atoms with E-state index in [1.54, 1.807) is 0 Å². The van der Waals surface area contributed by atoms with E-state index in [-0.39, 0.29) is 6.61 Å². The number of aliphatic hydroxyl groups excluding tert-OH is 1. The van der Waals surface area contributed by atoms with Crippen LogP contribution in [0.4, 0.5) is 5.82 Å². The normalized spacial score (nSPS) is 10.1. The van der Waals surface area contributed by atoms with Gasteiger partial charge in [0.2, 0.25) is 0 Å². The molecule has 1 rings (SSSR count). The molecule has 1 N–H and O–H groups in total. The highest BCUT2D eigenvalue weighted by molar-refractivity contribution is 9.10. The Morgan fingerprint density at radius 2 is 2.31 bits per heavy atom. The molecule has 5 heteroatoms. The summed E-state index contributed by atoms with van der Waals surface area (Å²) in [6, 6.07) is 1.83. The second-order valence-corrected chi connectivity index (χ2v) is 3.31. The van der Waals surface area contributed by atoms with E-state index >= 15 is 0 Å². The van der Waals surface area contributed by atoms with E-state index in [0.717, 1.165) is 17.0 Å². The standard InChI is InChI=1S/C8H12BrN3O/c1-2-12(3-4-13)8-5-7(9)10-6-11-8/h5-6,13H,2-4H2,1H3. The molecule has 13 heavy (non-hydrogen) atoms. The maximum absolute atomic E-state index is 8.80. The van der Waals surface area contributed by atoms with E-state index in [1.807, 2.05) is 17.9 Å². The predicted octanol–water partition coefficient (Wildman–Crippen LogP) is 1.06. The van der Waals surface area contributed by atoms with Crippen LogP contribution < -0.4 is 4.90 Å². The van der Waals surface area contributed by atoms with Crippen molar-refractivity contribution in [1.29, 1.82) is 0 Å². The van der Waals surface area contributed by atoms with Crippen LogP contribution in [0, 0.1) is 0 Å². The number of halogens is 1. The first-order valence-corrected chi connectivity index (χ1v) is 4.90. The Labute approximate surface area is 85.8 Å². The molecule has 1 aromatic rings. The maximum Gasteiger partial charge on any atom is 0.133 e. The van der Waals surface area contributed by atoms with E-state index in [9.17, 15) is 0 Å². The van der Waals surface area contributed by atoms with Gasteiger partial charge >= 0.3 is 0 Å². The molecule has 72 valence electrons. The summed E-state index contributed by atoms with van der Waals surface area (Å²) in [6.07, 6.45) is 1.50. The quantitative estimate of drug-likeness (QED) is 0.807. The highest BCUT2D eigenvalue weighted by Crippen LogP contribution is 2.13. The fourth-order valence-electron chi connectivity index (χ4n) is 1.05. The zero-order valence-corrected chi connectivity index (χ0v) is 9.03. The highest BCUT2D eigenvalue weighted by atomic mass is 79.9. The molecular formula is C8H12BrN3O. The van der Waals surface area contributed by atoms with Crippen LogP contribution in [0.3, 0.4) is 0 Å². The fraction of sp³-hybridized carbons (Fsp3) is 0.500. The van der Waals surface area contributed by atoms with Crippen LogP contribution in [0.2, 0.25) is 0 Å². The number of nitrogens with zero attached hydrogens (tertiary/aromatic N) is 3. The average Bonchev–Trinajstić information content (AvgIpc) is 2.14. The van der Waals surface area contributed by atoms with Crippen molar-refractivity contribution in [2.45, 2.75) is 6.92 Å². The van der Waals surface area contributed by atoms with Crippen LogP contribution in [-0.4, -0.2) is 34.8 Å². The van der Waals surface area contributed by atoms with Crippen molar-refractivity contribution >= 4 is 21.7 Å². The summed E-state index contributed by atoms with van der Waals surface area (Å²) < 4.78 is 0.758. The molecule has 0 spiro atoms. The second-order valence-electron chi connectivity index (χ2n) is 2.50. The molecule has 0 aliphatic heterocycles. The van der Waals surface area contributed by atoms with Gasteiger partial charge in [-0.15, -0.1) is 0 Å². The molecule has 0 radical (unpaired) electrons. The number of hydrogen-bond donors (Lipinski definition) is 1. The van der Waals surface area contributed by atoms with Gasteiger partial charge in [-0.25, -0.2) is 9.97 Å². The summed E-state index contributed by atoms with van der Waals surface area (Å²) in [5.41, 5.74) is 0. The van der Waals surface area contributed by atoms with Gasteiger partial charge in [0.25, 0.3) is 0 Å². The summed E-state index contributed by atoms with van der Waals surface area (Å²) >= 11 is 3.27. The Balaban J connectivity index is 2.78. The van der Waals surface area contributed by atoms with E-state index in [4.69, 9.17) is 5.11 Å². The topological polar surface area (TPSA) is 49.2 Å². The number of likely N-dealkylation sites (N-methyl/N-ethyl adjacent to an activating group) is 1. The van der Waals surface area contributed by atoms with Gasteiger partial charge in [-0.3, -0.25) is 0 Å². The van der Waals surface area contributed by atoms with Crippen molar-refractivity contribution in [2.75, 3.05) is 24.6 Å². The van der Waals surface area contributed by atoms with Crippen molar-refractivity contribution in [3.8, 4) is 0 Å². The third kappa shape index (κ3) is 2.93. The maximum atomic E-state index is 8.80. The largest absolute Gasteiger partial charge is 0.395 e. The van der Waals surface area contributed by atoms with Gasteiger partial charge in [0, 0.05) is 19.2 Å². The van der Waals surface area contributed by atoms with Gasteiger partial charge in [0.15, 0.2) is 0 Å². The van der Waals surface area contributed by atoms with Crippen LogP contribution in [0.25, 0.3) is 0 Å². The van der Waals surface area contributed by atoms with Crippen LogP contribution in [-0.2, 0) is 0 Å². The molecule has 0 amide bonds. The lowest BCUT2D eigenvalue weighted by molar-refractivity contribution is 0.302. The van der Waals surface area contributed by atoms with Crippen molar-refractivity contribution in [3.05, 3.63) is 17.0 Å². The first kappa shape index (κ1) is 10.4. The summed E-state index contributed by atoms with van der Waals surface area (Å²) in [4.78, 5) is 10.0. The van der Waals surface area contributed by atoms with Crippen LogP contribution in [0.5, 0.6) is 0 Å². The molecule has 0 aromatic carbocycles. The summed E-state index contributed by atoms with van der Waals surface area (Å²) in [5.74, 6) is 0.832. The van der Waals surface area contributed by atoms with Gasteiger partial charge in [-0.05, 0) is 22.9 Å². The molecule has 0 bridgehead atoms. The molecule has 0 aliphatic rings. The van der Waals surface area contributed by atoms with Gasteiger partial charge in [0.1, 0.15) is 16.7 Å². The molecule has 4 nitrogen and oxygen atoms in total. The van der Waals surface area contributed by atoms with E-state index in [1.165, 1.54) is 6.33 Å². The summed E-state index contributed by atoms with van der Waals surface area (Å²) in [6.45, 7) is 3.57. The SMILES string of the molecule is CCN(CCO)c1cc(Br)ncn1. The zero-order valence-electron chi connectivity index (χ0n) is 7.44. The third-order valence-corrected chi connectivity index (χ3v) is 2.13. The smallest absolute Gasteiger partial charge is 0.133 e. The zero-order chi connectivity index (χ0) is 9.68. The molecule has 0 saturated carbocycles. The molecule has 0 saturated heterocycles. The second kappa shape index (κ2) is 5.14.